The van der Waals surface area contributed by atoms with Crippen LogP contribution in [0.15, 0.2) is 53.7 Å². The van der Waals surface area contributed by atoms with E-state index in [0.717, 1.165) is 31.4 Å². The van der Waals surface area contributed by atoms with E-state index in [1.807, 2.05) is 29.7 Å². The first-order valence-electron chi connectivity index (χ1n) is 11.3. The van der Waals surface area contributed by atoms with Crippen molar-refractivity contribution in [3.05, 3.63) is 70.0 Å². The predicted octanol–water partition coefficient (Wildman–Crippen LogP) is 7.26. The molecule has 0 fully saturated rings. The highest BCUT2D eigenvalue weighted by Crippen LogP contribution is 2.32. The standard InChI is InChI=1S/C25H30Cl2N4OS/c1-4-6-12-19(5-2)24(32)28-17(3)23-29-30-25(33-16-18-10-8-7-9-11-18)31(23)22-15-20(26)13-14-21(22)27/h7-11,13-15,17,19H,4-6,12,16H2,1-3H3,(H,28,32). The number of carbonyl (C=O) groups is 1. The summed E-state index contributed by atoms with van der Waals surface area (Å²) in [5.74, 6) is 1.38. The molecule has 176 valence electrons. The van der Waals surface area contributed by atoms with Gasteiger partial charge in [-0.05, 0) is 43.5 Å². The highest BCUT2D eigenvalue weighted by atomic mass is 35.5. The van der Waals surface area contributed by atoms with Crippen molar-refractivity contribution in [2.75, 3.05) is 0 Å². The summed E-state index contributed by atoms with van der Waals surface area (Å²) in [4.78, 5) is 12.9. The van der Waals surface area contributed by atoms with Crippen LogP contribution < -0.4 is 5.32 Å². The minimum absolute atomic E-state index is 0.00884. The molecular formula is C25H30Cl2N4OS. The Morgan fingerprint density at radius 3 is 2.58 bits per heavy atom. The van der Waals surface area contributed by atoms with Crippen molar-refractivity contribution < 1.29 is 4.79 Å². The van der Waals surface area contributed by atoms with Gasteiger partial charge in [-0.1, -0.05) is 92.0 Å². The largest absolute Gasteiger partial charge is 0.346 e. The van der Waals surface area contributed by atoms with E-state index in [-0.39, 0.29) is 17.9 Å². The van der Waals surface area contributed by atoms with Gasteiger partial charge in [0.15, 0.2) is 11.0 Å². The average Bonchev–Trinajstić information content (AvgIpc) is 3.24. The summed E-state index contributed by atoms with van der Waals surface area (Å²) in [6.07, 6.45) is 3.80. The van der Waals surface area contributed by atoms with E-state index in [2.05, 4.69) is 41.5 Å². The third-order valence-corrected chi connectivity index (χ3v) is 7.09. The summed E-state index contributed by atoms with van der Waals surface area (Å²) in [7, 11) is 0. The molecule has 5 nitrogen and oxygen atoms in total. The molecule has 1 aromatic heterocycles. The number of rotatable bonds is 11. The lowest BCUT2D eigenvalue weighted by molar-refractivity contribution is -0.126. The van der Waals surface area contributed by atoms with Gasteiger partial charge in [-0.3, -0.25) is 9.36 Å². The maximum absolute atomic E-state index is 12.9. The predicted molar refractivity (Wildman–Crippen MR) is 137 cm³/mol. The zero-order valence-electron chi connectivity index (χ0n) is 19.2. The number of carbonyl (C=O) groups excluding carboxylic acids is 1. The number of nitrogens with one attached hydrogen (secondary N) is 1. The number of hydrogen-bond acceptors (Lipinski definition) is 4. The molecule has 0 spiro atoms. The number of hydrogen-bond donors (Lipinski definition) is 1. The molecule has 0 saturated carbocycles. The molecule has 1 N–H and O–H groups in total. The first-order valence-corrected chi connectivity index (χ1v) is 13.1. The van der Waals surface area contributed by atoms with Crippen molar-refractivity contribution in [1.82, 2.24) is 20.1 Å². The van der Waals surface area contributed by atoms with Crippen molar-refractivity contribution in [3.8, 4) is 5.69 Å². The van der Waals surface area contributed by atoms with Crippen molar-refractivity contribution in [3.63, 3.8) is 0 Å². The second kappa shape index (κ2) is 12.4. The van der Waals surface area contributed by atoms with Crippen LogP contribution in [0.25, 0.3) is 5.69 Å². The molecule has 8 heteroatoms. The maximum Gasteiger partial charge on any atom is 0.223 e. The Bertz CT molecular complexity index is 1060. The Kier molecular flexibility index (Phi) is 9.65. The summed E-state index contributed by atoms with van der Waals surface area (Å²) in [6, 6.07) is 15.1. The summed E-state index contributed by atoms with van der Waals surface area (Å²) in [5, 5.41) is 13.8. The molecule has 0 aliphatic rings. The molecule has 2 unspecified atom stereocenters. The fourth-order valence-electron chi connectivity index (χ4n) is 3.63. The highest BCUT2D eigenvalue weighted by Gasteiger charge is 2.25. The fraction of sp³-hybridized carbons (Fsp3) is 0.400. The molecule has 0 aliphatic carbocycles. The van der Waals surface area contributed by atoms with Crippen LogP contribution >= 0.6 is 35.0 Å². The van der Waals surface area contributed by atoms with E-state index >= 15 is 0 Å². The summed E-state index contributed by atoms with van der Waals surface area (Å²) in [5.41, 5.74) is 1.87. The van der Waals surface area contributed by atoms with Crippen LogP contribution in [-0.4, -0.2) is 20.7 Å². The second-order valence-corrected chi connectivity index (χ2v) is 9.81. The molecule has 0 bridgehead atoms. The number of thioether (sulfide) groups is 1. The molecule has 3 rings (SSSR count). The average molecular weight is 506 g/mol. The van der Waals surface area contributed by atoms with Crippen LogP contribution in [0.3, 0.4) is 0 Å². The molecule has 33 heavy (non-hydrogen) atoms. The highest BCUT2D eigenvalue weighted by molar-refractivity contribution is 7.98. The lowest BCUT2D eigenvalue weighted by atomic mass is 9.98. The Hall–Kier alpha value is -2.02. The van der Waals surface area contributed by atoms with Crippen LogP contribution in [0.1, 0.15) is 63.9 Å². The first-order chi connectivity index (χ1) is 15.9. The van der Waals surface area contributed by atoms with Crippen molar-refractivity contribution >= 4 is 40.9 Å². The summed E-state index contributed by atoms with van der Waals surface area (Å²) in [6.45, 7) is 6.12. The molecule has 0 saturated heterocycles. The van der Waals surface area contributed by atoms with E-state index in [4.69, 9.17) is 23.2 Å². The van der Waals surface area contributed by atoms with Gasteiger partial charge in [0.1, 0.15) is 0 Å². The summed E-state index contributed by atoms with van der Waals surface area (Å²) < 4.78 is 1.90. The molecule has 3 aromatic rings. The molecule has 1 heterocycles. The van der Waals surface area contributed by atoms with Gasteiger partial charge >= 0.3 is 0 Å². The smallest absolute Gasteiger partial charge is 0.223 e. The van der Waals surface area contributed by atoms with Crippen molar-refractivity contribution in [2.45, 2.75) is 63.4 Å². The van der Waals surface area contributed by atoms with E-state index in [1.54, 1.807) is 30.0 Å². The molecule has 0 aliphatic heterocycles. The van der Waals surface area contributed by atoms with Gasteiger partial charge in [0, 0.05) is 16.7 Å². The zero-order valence-corrected chi connectivity index (χ0v) is 21.6. The van der Waals surface area contributed by atoms with Crippen LogP contribution in [-0.2, 0) is 10.5 Å². The van der Waals surface area contributed by atoms with Gasteiger partial charge in [-0.25, -0.2) is 0 Å². The minimum Gasteiger partial charge on any atom is -0.346 e. The Morgan fingerprint density at radius 1 is 1.12 bits per heavy atom. The van der Waals surface area contributed by atoms with Gasteiger partial charge in [0.25, 0.3) is 0 Å². The lowest BCUT2D eigenvalue weighted by Crippen LogP contribution is -2.33. The van der Waals surface area contributed by atoms with Crippen molar-refractivity contribution in [2.24, 2.45) is 5.92 Å². The van der Waals surface area contributed by atoms with Crippen LogP contribution in [0.4, 0.5) is 0 Å². The van der Waals surface area contributed by atoms with Gasteiger partial charge in [-0.2, -0.15) is 0 Å². The third-order valence-electron chi connectivity index (χ3n) is 5.53. The maximum atomic E-state index is 12.9. The van der Waals surface area contributed by atoms with E-state index in [0.29, 0.717) is 26.7 Å². The number of amides is 1. The minimum atomic E-state index is -0.346. The monoisotopic (exact) mass is 504 g/mol. The number of benzene rings is 2. The normalized spacial score (nSPS) is 13.0. The summed E-state index contributed by atoms with van der Waals surface area (Å²) >= 11 is 14.4. The number of aromatic nitrogens is 3. The van der Waals surface area contributed by atoms with Gasteiger partial charge < -0.3 is 5.32 Å². The van der Waals surface area contributed by atoms with Gasteiger partial charge in [0.2, 0.25) is 5.91 Å². The van der Waals surface area contributed by atoms with Gasteiger partial charge in [0.05, 0.1) is 16.8 Å². The fourth-order valence-corrected chi connectivity index (χ4v) is 4.90. The zero-order chi connectivity index (χ0) is 23.8. The third kappa shape index (κ3) is 6.75. The SMILES string of the molecule is CCCCC(CC)C(=O)NC(C)c1nnc(SCc2ccccc2)n1-c1cc(Cl)ccc1Cl. The Balaban J connectivity index is 1.91. The van der Waals surface area contributed by atoms with E-state index in [1.165, 1.54) is 5.56 Å². The first kappa shape index (κ1) is 25.6. The van der Waals surface area contributed by atoms with Crippen LogP contribution in [0.2, 0.25) is 10.0 Å². The molecule has 1 amide bonds. The Morgan fingerprint density at radius 2 is 1.88 bits per heavy atom. The van der Waals surface area contributed by atoms with Crippen LogP contribution in [0, 0.1) is 5.92 Å². The number of nitrogens with zero attached hydrogens (tertiary/aromatic N) is 3. The van der Waals surface area contributed by atoms with Gasteiger partial charge in [-0.15, -0.1) is 10.2 Å². The van der Waals surface area contributed by atoms with E-state index in [9.17, 15) is 4.79 Å². The lowest BCUT2D eigenvalue weighted by Gasteiger charge is -2.20. The number of halogens is 2. The van der Waals surface area contributed by atoms with Crippen LogP contribution in [0.5, 0.6) is 0 Å². The molecule has 2 atom stereocenters. The Labute approximate surface area is 210 Å². The quantitative estimate of drug-likeness (QED) is 0.279. The molecule has 0 radical (unpaired) electrons. The van der Waals surface area contributed by atoms with Crippen molar-refractivity contribution in [1.29, 1.82) is 0 Å². The topological polar surface area (TPSA) is 59.8 Å². The molecule has 2 aromatic carbocycles. The number of unbranched alkanes of at least 4 members (excludes halogenated alkanes) is 1. The van der Waals surface area contributed by atoms with E-state index < -0.39 is 0 Å². The molecular weight excluding hydrogens is 475 g/mol. The second-order valence-electron chi connectivity index (χ2n) is 8.02.